The van der Waals surface area contributed by atoms with Crippen LogP contribution < -0.4 is 14.4 Å². The Morgan fingerprint density at radius 1 is 0.860 bits per heavy atom. The Kier molecular flexibility index (Phi) is 6.25. The number of carbonyl (C=O) groups is 3. The molecule has 8 heteroatoms. The molecule has 0 amide bonds. The number of carbonyl (C=O) groups excluding carboxylic acids is 3. The van der Waals surface area contributed by atoms with Gasteiger partial charge in [0.25, 0.3) is 0 Å². The highest BCUT2D eigenvalue weighted by Crippen LogP contribution is 2.61. The summed E-state index contributed by atoms with van der Waals surface area (Å²) in [7, 11) is 3.01. The van der Waals surface area contributed by atoms with Crippen molar-refractivity contribution in [1.29, 1.82) is 0 Å². The van der Waals surface area contributed by atoms with Crippen molar-refractivity contribution in [3.05, 3.63) is 130 Å². The maximum absolute atomic E-state index is 14.8. The van der Waals surface area contributed by atoms with E-state index in [-0.39, 0.29) is 27.9 Å². The summed E-state index contributed by atoms with van der Waals surface area (Å²) in [6.07, 6.45) is 3.47. The Balaban J connectivity index is 1.57. The molecule has 0 bridgehead atoms. The molecule has 3 atom stereocenters. The summed E-state index contributed by atoms with van der Waals surface area (Å²) in [5.74, 6) is -1.68. The van der Waals surface area contributed by atoms with E-state index in [1.165, 1.54) is 26.4 Å². The van der Waals surface area contributed by atoms with Gasteiger partial charge in [0.15, 0.2) is 28.8 Å². The third-order valence-corrected chi connectivity index (χ3v) is 9.27. The lowest BCUT2D eigenvalue weighted by Crippen LogP contribution is -2.48. The minimum atomic E-state index is -1.71. The second kappa shape index (κ2) is 9.92. The number of anilines is 1. The lowest BCUT2D eigenvalue weighted by molar-refractivity contribution is 0.0665. The third kappa shape index (κ3) is 3.67. The van der Waals surface area contributed by atoms with Crippen LogP contribution in [0.5, 0.6) is 11.5 Å². The van der Waals surface area contributed by atoms with E-state index in [1.807, 2.05) is 4.90 Å². The van der Waals surface area contributed by atoms with Crippen molar-refractivity contribution in [2.75, 3.05) is 19.1 Å². The number of ether oxygens (including phenoxy) is 2. The quantitative estimate of drug-likeness (QED) is 0.187. The fourth-order valence-electron chi connectivity index (χ4n) is 7.19. The van der Waals surface area contributed by atoms with Crippen molar-refractivity contribution in [2.24, 2.45) is 5.41 Å². The van der Waals surface area contributed by atoms with Crippen LogP contribution in [0, 0.1) is 11.2 Å². The molecule has 0 aromatic heterocycles. The number of rotatable bonds is 5. The maximum Gasteiger partial charge on any atom is 0.187 e. The van der Waals surface area contributed by atoms with Gasteiger partial charge in [-0.3, -0.25) is 14.4 Å². The fourth-order valence-corrected chi connectivity index (χ4v) is 7.42. The zero-order valence-electron chi connectivity index (χ0n) is 23.2. The van der Waals surface area contributed by atoms with Gasteiger partial charge in [-0.05, 0) is 48.0 Å². The topological polar surface area (TPSA) is 72.9 Å². The molecule has 4 aromatic carbocycles. The van der Waals surface area contributed by atoms with Crippen LogP contribution in [0.2, 0.25) is 5.02 Å². The number of halogens is 2. The van der Waals surface area contributed by atoms with E-state index in [2.05, 4.69) is 0 Å². The van der Waals surface area contributed by atoms with Gasteiger partial charge in [0.1, 0.15) is 17.3 Å². The van der Waals surface area contributed by atoms with Crippen LogP contribution >= 0.6 is 11.6 Å². The molecule has 4 aromatic rings. The van der Waals surface area contributed by atoms with Crippen molar-refractivity contribution < 1.29 is 28.2 Å². The van der Waals surface area contributed by atoms with Crippen molar-refractivity contribution in [2.45, 2.75) is 18.0 Å². The number of fused-ring (bicyclic) bond motifs is 5. The fraction of sp³-hybridized carbons (Fsp3) is 0.171. The van der Waals surface area contributed by atoms with Crippen molar-refractivity contribution in [1.82, 2.24) is 0 Å². The molecule has 6 nitrogen and oxygen atoms in total. The summed E-state index contributed by atoms with van der Waals surface area (Å²) in [4.78, 5) is 46.1. The number of ketones is 3. The van der Waals surface area contributed by atoms with E-state index in [4.69, 9.17) is 21.1 Å². The van der Waals surface area contributed by atoms with Crippen molar-refractivity contribution in [3.63, 3.8) is 0 Å². The molecule has 214 valence electrons. The van der Waals surface area contributed by atoms with E-state index < -0.39 is 29.2 Å². The molecule has 1 saturated heterocycles. The molecule has 1 fully saturated rings. The average molecular weight is 594 g/mol. The first-order chi connectivity index (χ1) is 20.8. The van der Waals surface area contributed by atoms with Gasteiger partial charge < -0.3 is 14.4 Å². The Hall–Kier alpha value is -4.75. The minimum absolute atomic E-state index is 0.246. The second-order valence-electron chi connectivity index (χ2n) is 10.9. The highest BCUT2D eigenvalue weighted by molar-refractivity contribution is 6.35. The molecule has 2 aliphatic heterocycles. The molecule has 0 saturated carbocycles. The number of hydrogen-bond acceptors (Lipinski definition) is 6. The molecule has 0 N–H and O–H groups in total. The van der Waals surface area contributed by atoms with Crippen LogP contribution in [0.25, 0.3) is 6.08 Å². The molecular formula is C35H25ClFNO5. The molecule has 1 aliphatic carbocycles. The number of hydrogen-bond donors (Lipinski definition) is 0. The monoisotopic (exact) mass is 593 g/mol. The van der Waals surface area contributed by atoms with Crippen LogP contribution in [0.1, 0.15) is 48.1 Å². The Bertz CT molecular complexity index is 1850. The van der Waals surface area contributed by atoms with Gasteiger partial charge in [0.2, 0.25) is 0 Å². The molecule has 0 radical (unpaired) electrons. The largest absolute Gasteiger partial charge is 0.493 e. The Labute approximate surface area is 252 Å². The van der Waals surface area contributed by atoms with Crippen LogP contribution in [0.3, 0.4) is 0 Å². The summed E-state index contributed by atoms with van der Waals surface area (Å²) < 4.78 is 25.5. The first-order valence-electron chi connectivity index (χ1n) is 13.8. The summed E-state index contributed by atoms with van der Waals surface area (Å²) in [5, 5.41) is 0.246. The van der Waals surface area contributed by atoms with E-state index in [9.17, 15) is 18.8 Å². The predicted molar refractivity (Wildman–Crippen MR) is 161 cm³/mol. The average Bonchev–Trinajstić information content (AvgIpc) is 3.46. The number of benzene rings is 4. The predicted octanol–water partition coefficient (Wildman–Crippen LogP) is 6.81. The number of Topliss-reactive ketones (excluding diaryl/α,β-unsaturated/α-hetero) is 3. The highest BCUT2D eigenvalue weighted by atomic mass is 35.5. The molecular weight excluding hydrogens is 569 g/mol. The molecule has 43 heavy (non-hydrogen) atoms. The lowest BCUT2D eigenvalue weighted by atomic mass is 9.64. The van der Waals surface area contributed by atoms with Gasteiger partial charge in [-0.25, -0.2) is 4.39 Å². The third-order valence-electron chi connectivity index (χ3n) is 8.94. The van der Waals surface area contributed by atoms with E-state index in [0.717, 1.165) is 0 Å². The number of methoxy groups -OCH3 is 2. The normalized spacial score (nSPS) is 21.0. The van der Waals surface area contributed by atoms with Gasteiger partial charge in [-0.15, -0.1) is 0 Å². The van der Waals surface area contributed by atoms with Crippen LogP contribution in [0.4, 0.5) is 10.1 Å². The van der Waals surface area contributed by atoms with Crippen LogP contribution in [0.15, 0.2) is 91.0 Å². The minimum Gasteiger partial charge on any atom is -0.493 e. The smallest absolute Gasteiger partial charge is 0.187 e. The summed E-state index contributed by atoms with van der Waals surface area (Å²) in [6.45, 7) is 0. The van der Waals surface area contributed by atoms with E-state index in [0.29, 0.717) is 39.4 Å². The van der Waals surface area contributed by atoms with Gasteiger partial charge in [-0.1, -0.05) is 66.2 Å². The Morgan fingerprint density at radius 3 is 2.21 bits per heavy atom. The maximum atomic E-state index is 14.8. The lowest BCUT2D eigenvalue weighted by Gasteiger charge is -2.37. The van der Waals surface area contributed by atoms with Gasteiger partial charge in [0, 0.05) is 33.9 Å². The van der Waals surface area contributed by atoms with Crippen LogP contribution in [-0.2, 0) is 0 Å². The Morgan fingerprint density at radius 2 is 1.53 bits per heavy atom. The zero-order chi connectivity index (χ0) is 30.0. The number of nitrogens with zero attached hydrogens (tertiary/aromatic N) is 1. The molecule has 2 heterocycles. The van der Waals surface area contributed by atoms with Crippen molar-refractivity contribution >= 4 is 40.7 Å². The van der Waals surface area contributed by atoms with E-state index in [1.54, 1.807) is 84.9 Å². The first-order valence-corrected chi connectivity index (χ1v) is 14.2. The zero-order valence-corrected chi connectivity index (χ0v) is 24.0. The van der Waals surface area contributed by atoms with Gasteiger partial charge >= 0.3 is 0 Å². The van der Waals surface area contributed by atoms with Gasteiger partial charge in [-0.2, -0.15) is 0 Å². The molecule has 0 unspecified atom stereocenters. The van der Waals surface area contributed by atoms with Crippen LogP contribution in [-0.4, -0.2) is 43.7 Å². The van der Waals surface area contributed by atoms with Crippen molar-refractivity contribution in [3.8, 4) is 11.5 Å². The van der Waals surface area contributed by atoms with Gasteiger partial charge in [0.05, 0.1) is 25.3 Å². The summed E-state index contributed by atoms with van der Waals surface area (Å²) >= 11 is 6.58. The molecule has 7 rings (SSSR count). The SMILES string of the molecule is COc1ccc([C@@H]2[C@@H](C(=O)c3ccccc3Cl)N3c4ccc(F)cc4C=C[C@@H]3C23C(=O)c2ccccc2C3=O)cc1OC. The molecule has 3 aliphatic rings. The highest BCUT2D eigenvalue weighted by Gasteiger charge is 2.71. The second-order valence-corrected chi connectivity index (χ2v) is 11.3. The first kappa shape index (κ1) is 27.1. The summed E-state index contributed by atoms with van der Waals surface area (Å²) in [5.41, 5.74) is 0.773. The summed E-state index contributed by atoms with van der Waals surface area (Å²) in [6, 6.07) is 21.0. The molecule has 1 spiro atoms. The van der Waals surface area contributed by atoms with E-state index >= 15 is 0 Å². The standard InChI is InChI=1S/C35H25ClFNO5/c1-42-27-15-11-20(18-28(27)43-2)30-31(32(39)24-9-5-6-10-25(24)36)38-26-14-13-21(37)17-19(26)12-16-29(38)35(30)33(40)22-7-3-4-8-23(22)34(35)41/h3-18,29-31H,1-2H3/t29-,30-,31+/m1/s1.